The predicted octanol–water partition coefficient (Wildman–Crippen LogP) is 4.12. The van der Waals surface area contributed by atoms with Crippen molar-refractivity contribution in [1.82, 2.24) is 0 Å². The largest absolute Gasteiger partial charge is 0.573 e. The van der Waals surface area contributed by atoms with Crippen molar-refractivity contribution in [2.75, 3.05) is 0 Å². The second kappa shape index (κ2) is 5.65. The van der Waals surface area contributed by atoms with Crippen LogP contribution in [0.1, 0.15) is 37.4 Å². The van der Waals surface area contributed by atoms with E-state index in [9.17, 15) is 18.3 Å². The van der Waals surface area contributed by atoms with Gasteiger partial charge in [-0.1, -0.05) is 18.2 Å². The first-order valence-electron chi connectivity index (χ1n) is 6.18. The van der Waals surface area contributed by atoms with E-state index in [0.29, 0.717) is 5.56 Å². The van der Waals surface area contributed by atoms with Gasteiger partial charge in [-0.2, -0.15) is 0 Å². The molecule has 1 atom stereocenters. The molecule has 2 rings (SSSR count). The van der Waals surface area contributed by atoms with Crippen LogP contribution < -0.4 is 4.74 Å². The average Bonchev–Trinajstić information content (AvgIpc) is 2.38. The predicted molar refractivity (Wildman–Crippen MR) is 64.6 cm³/mol. The number of hydrogen-bond donors (Lipinski definition) is 1. The van der Waals surface area contributed by atoms with Crippen LogP contribution in [0.4, 0.5) is 13.2 Å². The molecule has 0 heterocycles. The van der Waals surface area contributed by atoms with E-state index in [4.69, 9.17) is 0 Å². The Balaban J connectivity index is 2.07. The summed E-state index contributed by atoms with van der Waals surface area (Å²) in [5.41, 5.74) is 1.53. The number of aliphatic hydroxyl groups is 1. The molecule has 0 aliphatic heterocycles. The molecular formula is C14H15F3O2. The molecule has 1 aromatic carbocycles. The SMILES string of the molecule is OC(C1=CCCCC1)c1ccc(OC(F)(F)F)cc1. The Morgan fingerprint density at radius 3 is 2.32 bits per heavy atom. The highest BCUT2D eigenvalue weighted by molar-refractivity contribution is 5.32. The van der Waals surface area contributed by atoms with Gasteiger partial charge in [-0.05, 0) is 49.0 Å². The summed E-state index contributed by atoms with van der Waals surface area (Å²) >= 11 is 0. The lowest BCUT2D eigenvalue weighted by molar-refractivity contribution is -0.274. The standard InChI is InChI=1S/C14H15F3O2/c15-14(16,17)19-12-8-6-11(7-9-12)13(18)10-4-2-1-3-5-10/h4,6-9,13,18H,1-3,5H2. The highest BCUT2D eigenvalue weighted by Crippen LogP contribution is 2.31. The monoisotopic (exact) mass is 272 g/mol. The molecule has 1 aliphatic carbocycles. The van der Waals surface area contributed by atoms with Gasteiger partial charge < -0.3 is 9.84 Å². The van der Waals surface area contributed by atoms with Crippen LogP contribution in [0, 0.1) is 0 Å². The maximum Gasteiger partial charge on any atom is 0.573 e. The topological polar surface area (TPSA) is 29.5 Å². The summed E-state index contributed by atoms with van der Waals surface area (Å²) in [5, 5.41) is 10.1. The number of aliphatic hydroxyl groups excluding tert-OH is 1. The third-order valence-electron chi connectivity index (χ3n) is 3.11. The lowest BCUT2D eigenvalue weighted by atomic mass is 9.92. The summed E-state index contributed by atoms with van der Waals surface area (Å²) in [4.78, 5) is 0. The van der Waals surface area contributed by atoms with E-state index in [1.165, 1.54) is 24.3 Å². The highest BCUT2D eigenvalue weighted by atomic mass is 19.4. The average molecular weight is 272 g/mol. The number of allylic oxidation sites excluding steroid dienone is 1. The van der Waals surface area contributed by atoms with Gasteiger partial charge in [0.25, 0.3) is 0 Å². The minimum Gasteiger partial charge on any atom is -0.406 e. The molecule has 1 aliphatic rings. The number of hydrogen-bond acceptors (Lipinski definition) is 2. The number of ether oxygens (including phenoxy) is 1. The number of rotatable bonds is 3. The summed E-state index contributed by atoms with van der Waals surface area (Å²) < 4.78 is 39.8. The fourth-order valence-electron chi connectivity index (χ4n) is 2.18. The van der Waals surface area contributed by atoms with Gasteiger partial charge in [0, 0.05) is 0 Å². The number of alkyl halides is 3. The van der Waals surface area contributed by atoms with Gasteiger partial charge in [0.15, 0.2) is 0 Å². The van der Waals surface area contributed by atoms with Crippen molar-refractivity contribution in [3.05, 3.63) is 41.5 Å². The van der Waals surface area contributed by atoms with Crippen LogP contribution in [0.2, 0.25) is 0 Å². The summed E-state index contributed by atoms with van der Waals surface area (Å²) in [5.74, 6) is -0.277. The molecule has 0 radical (unpaired) electrons. The maximum absolute atomic E-state index is 12.0. The molecule has 0 bridgehead atoms. The van der Waals surface area contributed by atoms with Crippen LogP contribution in [0.5, 0.6) is 5.75 Å². The maximum atomic E-state index is 12.0. The molecule has 0 aromatic heterocycles. The van der Waals surface area contributed by atoms with Crippen molar-refractivity contribution in [3.8, 4) is 5.75 Å². The van der Waals surface area contributed by atoms with Crippen LogP contribution in [-0.4, -0.2) is 11.5 Å². The molecular weight excluding hydrogens is 257 g/mol. The molecule has 104 valence electrons. The Hall–Kier alpha value is -1.49. The molecule has 1 aromatic rings. The fraction of sp³-hybridized carbons (Fsp3) is 0.429. The molecule has 0 saturated heterocycles. The van der Waals surface area contributed by atoms with E-state index in [0.717, 1.165) is 31.3 Å². The Labute approximate surface area is 109 Å². The molecule has 0 saturated carbocycles. The van der Waals surface area contributed by atoms with Gasteiger partial charge in [0.2, 0.25) is 0 Å². The normalized spacial score (nSPS) is 17.8. The van der Waals surface area contributed by atoms with Crippen LogP contribution in [-0.2, 0) is 0 Å². The van der Waals surface area contributed by atoms with Crippen molar-refractivity contribution in [2.45, 2.75) is 38.1 Å². The van der Waals surface area contributed by atoms with E-state index in [2.05, 4.69) is 4.74 Å². The molecule has 1 unspecified atom stereocenters. The minimum atomic E-state index is -4.69. The van der Waals surface area contributed by atoms with Crippen LogP contribution in [0.3, 0.4) is 0 Å². The molecule has 19 heavy (non-hydrogen) atoms. The van der Waals surface area contributed by atoms with Gasteiger partial charge in [0.05, 0.1) is 0 Å². The van der Waals surface area contributed by atoms with Crippen LogP contribution >= 0.6 is 0 Å². The zero-order chi connectivity index (χ0) is 13.9. The van der Waals surface area contributed by atoms with Crippen molar-refractivity contribution >= 4 is 0 Å². The highest BCUT2D eigenvalue weighted by Gasteiger charge is 2.31. The lowest BCUT2D eigenvalue weighted by Gasteiger charge is -2.19. The molecule has 0 spiro atoms. The zero-order valence-electron chi connectivity index (χ0n) is 10.3. The Kier molecular flexibility index (Phi) is 4.14. The zero-order valence-corrected chi connectivity index (χ0v) is 10.3. The lowest BCUT2D eigenvalue weighted by Crippen LogP contribution is -2.17. The second-order valence-corrected chi connectivity index (χ2v) is 4.54. The van der Waals surface area contributed by atoms with Crippen LogP contribution in [0.15, 0.2) is 35.9 Å². The second-order valence-electron chi connectivity index (χ2n) is 4.54. The number of halogens is 3. The summed E-state index contributed by atoms with van der Waals surface area (Å²) in [6.07, 6.45) is 0.525. The molecule has 1 N–H and O–H groups in total. The fourth-order valence-corrected chi connectivity index (χ4v) is 2.18. The van der Waals surface area contributed by atoms with Crippen molar-refractivity contribution in [1.29, 1.82) is 0 Å². The van der Waals surface area contributed by atoms with E-state index in [-0.39, 0.29) is 5.75 Å². The van der Waals surface area contributed by atoms with Crippen molar-refractivity contribution in [2.24, 2.45) is 0 Å². The van der Waals surface area contributed by atoms with E-state index < -0.39 is 12.5 Å². The molecule has 0 fully saturated rings. The van der Waals surface area contributed by atoms with Crippen molar-refractivity contribution < 1.29 is 23.0 Å². The Bertz CT molecular complexity index is 449. The van der Waals surface area contributed by atoms with Gasteiger partial charge in [-0.3, -0.25) is 0 Å². The quantitative estimate of drug-likeness (QED) is 0.839. The third-order valence-corrected chi connectivity index (χ3v) is 3.11. The van der Waals surface area contributed by atoms with E-state index >= 15 is 0 Å². The summed E-state index contributed by atoms with van der Waals surface area (Å²) in [6, 6.07) is 5.35. The van der Waals surface area contributed by atoms with E-state index in [1.807, 2.05) is 6.08 Å². The van der Waals surface area contributed by atoms with Crippen molar-refractivity contribution in [3.63, 3.8) is 0 Å². The van der Waals surface area contributed by atoms with Gasteiger partial charge in [-0.25, -0.2) is 0 Å². The molecule has 5 heteroatoms. The molecule has 0 amide bonds. The van der Waals surface area contributed by atoms with E-state index in [1.54, 1.807) is 0 Å². The van der Waals surface area contributed by atoms with Crippen LogP contribution in [0.25, 0.3) is 0 Å². The number of benzene rings is 1. The van der Waals surface area contributed by atoms with Gasteiger partial charge >= 0.3 is 6.36 Å². The van der Waals surface area contributed by atoms with Gasteiger partial charge in [-0.15, -0.1) is 13.2 Å². The van der Waals surface area contributed by atoms with Gasteiger partial charge in [0.1, 0.15) is 11.9 Å². The first kappa shape index (κ1) is 13.9. The smallest absolute Gasteiger partial charge is 0.406 e. The first-order valence-corrected chi connectivity index (χ1v) is 6.18. The minimum absolute atomic E-state index is 0.277. The third kappa shape index (κ3) is 3.99. The Morgan fingerprint density at radius 1 is 1.11 bits per heavy atom. The Morgan fingerprint density at radius 2 is 1.79 bits per heavy atom. The first-order chi connectivity index (χ1) is 8.96. The summed E-state index contributed by atoms with van der Waals surface area (Å²) in [6.45, 7) is 0. The summed E-state index contributed by atoms with van der Waals surface area (Å²) in [7, 11) is 0. The molecule has 2 nitrogen and oxygen atoms in total.